The van der Waals surface area contributed by atoms with Crippen LogP contribution in [-0.4, -0.2) is 53.7 Å². The van der Waals surface area contributed by atoms with Crippen molar-refractivity contribution in [2.45, 2.75) is 5.92 Å². The third-order valence-electron chi connectivity index (χ3n) is 5.37. The number of para-hydroxylation sites is 1. The van der Waals surface area contributed by atoms with E-state index in [4.69, 9.17) is 15.2 Å². The van der Waals surface area contributed by atoms with Crippen LogP contribution in [0.1, 0.15) is 21.8 Å². The molecule has 0 saturated carbocycles. The van der Waals surface area contributed by atoms with Crippen LogP contribution in [0.2, 0.25) is 0 Å². The Labute approximate surface area is 155 Å². The third kappa shape index (κ3) is 2.56. The summed E-state index contributed by atoms with van der Waals surface area (Å²) in [6.45, 7) is 0.316. The van der Waals surface area contributed by atoms with Crippen molar-refractivity contribution in [3.8, 4) is 11.5 Å². The Hall–Kier alpha value is -3.29. The van der Waals surface area contributed by atoms with Crippen LogP contribution < -0.4 is 15.2 Å². The molecule has 27 heavy (non-hydrogen) atoms. The van der Waals surface area contributed by atoms with Gasteiger partial charge in [0.05, 0.1) is 12.7 Å². The van der Waals surface area contributed by atoms with Crippen LogP contribution in [0.4, 0.5) is 5.82 Å². The van der Waals surface area contributed by atoms with Gasteiger partial charge in [0, 0.05) is 30.8 Å². The van der Waals surface area contributed by atoms with Crippen molar-refractivity contribution >= 4 is 17.7 Å². The number of hydrogen-bond acceptors (Lipinski definition) is 6. The summed E-state index contributed by atoms with van der Waals surface area (Å²) in [5, 5.41) is 9.98. The van der Waals surface area contributed by atoms with E-state index in [1.54, 1.807) is 29.2 Å². The van der Waals surface area contributed by atoms with Gasteiger partial charge in [-0.15, -0.1) is 0 Å². The number of rotatable bonds is 3. The van der Waals surface area contributed by atoms with E-state index < -0.39 is 11.4 Å². The molecular formula is C19H19N3O5. The topological polar surface area (TPSA) is 115 Å². The number of carbonyl (C=O) groups excluding carboxylic acids is 1. The molecule has 0 radical (unpaired) electrons. The van der Waals surface area contributed by atoms with Gasteiger partial charge >= 0.3 is 5.97 Å². The van der Waals surface area contributed by atoms with Crippen molar-refractivity contribution in [1.29, 1.82) is 0 Å². The number of likely N-dealkylation sites (tertiary alicyclic amines) is 1. The maximum atomic E-state index is 12.9. The molecule has 3 N–H and O–H groups in total. The summed E-state index contributed by atoms with van der Waals surface area (Å²) >= 11 is 0. The second kappa shape index (κ2) is 6.15. The van der Waals surface area contributed by atoms with Gasteiger partial charge in [-0.05, 0) is 18.2 Å². The lowest BCUT2D eigenvalue weighted by Crippen LogP contribution is -2.46. The third-order valence-corrected chi connectivity index (χ3v) is 5.37. The number of nitrogens with zero attached hydrogens (tertiary/aromatic N) is 2. The molecule has 0 aliphatic carbocycles. The summed E-state index contributed by atoms with van der Waals surface area (Å²) in [5.41, 5.74) is 5.49. The van der Waals surface area contributed by atoms with Crippen LogP contribution >= 0.6 is 0 Å². The number of amides is 1. The van der Waals surface area contributed by atoms with E-state index in [-0.39, 0.29) is 31.5 Å². The van der Waals surface area contributed by atoms with E-state index in [9.17, 15) is 14.7 Å². The first-order chi connectivity index (χ1) is 13.0. The summed E-state index contributed by atoms with van der Waals surface area (Å²) in [5.74, 6) is -0.226. The predicted molar refractivity (Wildman–Crippen MR) is 95.9 cm³/mol. The molecule has 2 aromatic rings. The summed E-state index contributed by atoms with van der Waals surface area (Å²) in [7, 11) is 1.54. The van der Waals surface area contributed by atoms with Crippen molar-refractivity contribution in [3.05, 3.63) is 47.7 Å². The number of nitrogen functional groups attached to an aromatic ring is 1. The van der Waals surface area contributed by atoms with Crippen LogP contribution in [0.25, 0.3) is 0 Å². The first-order valence-electron chi connectivity index (χ1n) is 8.50. The lowest BCUT2D eigenvalue weighted by Gasteiger charge is -2.36. The number of nitrogens with two attached hydrogens (primary N) is 1. The fourth-order valence-corrected chi connectivity index (χ4v) is 3.92. The van der Waals surface area contributed by atoms with Crippen molar-refractivity contribution in [1.82, 2.24) is 9.88 Å². The number of benzene rings is 1. The predicted octanol–water partition coefficient (Wildman–Crippen LogP) is 1.38. The minimum absolute atomic E-state index is 0.0237. The number of carboxylic acid groups (broad SMARTS) is 1. The lowest BCUT2D eigenvalue weighted by molar-refractivity contribution is -0.151. The Morgan fingerprint density at radius 1 is 1.37 bits per heavy atom. The van der Waals surface area contributed by atoms with Crippen molar-refractivity contribution < 1.29 is 24.2 Å². The second-order valence-corrected chi connectivity index (χ2v) is 6.84. The van der Waals surface area contributed by atoms with E-state index in [0.29, 0.717) is 22.9 Å². The number of pyridine rings is 1. The average Bonchev–Trinajstić information content (AvgIpc) is 3.09. The molecule has 0 bridgehead atoms. The Kier molecular flexibility index (Phi) is 3.91. The monoisotopic (exact) mass is 369 g/mol. The molecule has 140 valence electrons. The highest BCUT2D eigenvalue weighted by atomic mass is 16.5. The molecule has 4 rings (SSSR count). The van der Waals surface area contributed by atoms with Crippen LogP contribution in [0, 0.1) is 5.41 Å². The van der Waals surface area contributed by atoms with Gasteiger partial charge in [0.2, 0.25) is 0 Å². The Balaban J connectivity index is 1.72. The standard InChI is InChI=1S/C19H19N3O5/c1-26-14-4-2-3-12-13-8-22(17(23)11-5-6-15(20)21-7-11)9-19(13,18(24)25)10-27-16(12)14/h2-7,13H,8-10H2,1H3,(H2,20,21)(H,24,25)/t13-,19-/m0/s1. The van der Waals surface area contributed by atoms with Crippen LogP contribution in [0.15, 0.2) is 36.5 Å². The second-order valence-electron chi connectivity index (χ2n) is 6.84. The highest BCUT2D eigenvalue weighted by Gasteiger charge is 2.58. The minimum atomic E-state index is -1.20. The van der Waals surface area contributed by atoms with Crippen LogP contribution in [0.5, 0.6) is 11.5 Å². The fraction of sp³-hybridized carbons (Fsp3) is 0.316. The summed E-state index contributed by atoms with van der Waals surface area (Å²) < 4.78 is 11.1. The molecule has 8 heteroatoms. The van der Waals surface area contributed by atoms with Gasteiger partial charge in [-0.2, -0.15) is 0 Å². The molecule has 1 amide bonds. The highest BCUT2D eigenvalue weighted by molar-refractivity contribution is 5.95. The number of hydrogen-bond donors (Lipinski definition) is 2. The molecule has 2 aliphatic rings. The van der Waals surface area contributed by atoms with Gasteiger partial charge in [0.1, 0.15) is 17.8 Å². The van der Waals surface area contributed by atoms with Gasteiger partial charge in [-0.25, -0.2) is 4.98 Å². The van der Waals surface area contributed by atoms with E-state index in [0.717, 1.165) is 5.56 Å². The molecule has 1 saturated heterocycles. The molecule has 2 atom stereocenters. The van der Waals surface area contributed by atoms with Crippen LogP contribution in [-0.2, 0) is 4.79 Å². The summed E-state index contributed by atoms with van der Waals surface area (Å²) in [6.07, 6.45) is 1.40. The number of methoxy groups -OCH3 is 1. The number of fused-ring (bicyclic) bond motifs is 3. The van der Waals surface area contributed by atoms with E-state index in [1.807, 2.05) is 6.07 Å². The Bertz CT molecular complexity index is 914. The molecule has 1 aromatic heterocycles. The first kappa shape index (κ1) is 17.1. The number of aromatic nitrogens is 1. The number of carboxylic acids is 1. The number of ether oxygens (including phenoxy) is 2. The number of carbonyl (C=O) groups is 2. The molecule has 1 aromatic carbocycles. The van der Waals surface area contributed by atoms with Gasteiger partial charge in [-0.3, -0.25) is 9.59 Å². The van der Waals surface area contributed by atoms with E-state index >= 15 is 0 Å². The van der Waals surface area contributed by atoms with E-state index in [2.05, 4.69) is 4.98 Å². The molecule has 1 fully saturated rings. The lowest BCUT2D eigenvalue weighted by atomic mass is 9.73. The highest BCUT2D eigenvalue weighted by Crippen LogP contribution is 2.52. The number of anilines is 1. The largest absolute Gasteiger partial charge is 0.493 e. The van der Waals surface area contributed by atoms with Crippen molar-refractivity contribution in [2.75, 3.05) is 32.5 Å². The van der Waals surface area contributed by atoms with E-state index in [1.165, 1.54) is 13.3 Å². The number of aliphatic carboxylic acids is 1. The van der Waals surface area contributed by atoms with Crippen LogP contribution in [0.3, 0.4) is 0 Å². The maximum absolute atomic E-state index is 12.9. The van der Waals surface area contributed by atoms with Crippen molar-refractivity contribution in [3.63, 3.8) is 0 Å². The zero-order valence-corrected chi connectivity index (χ0v) is 14.7. The Morgan fingerprint density at radius 3 is 2.85 bits per heavy atom. The molecule has 0 spiro atoms. The molecule has 8 nitrogen and oxygen atoms in total. The first-order valence-corrected chi connectivity index (χ1v) is 8.50. The zero-order valence-electron chi connectivity index (χ0n) is 14.7. The quantitative estimate of drug-likeness (QED) is 0.840. The van der Waals surface area contributed by atoms with Gasteiger partial charge in [-0.1, -0.05) is 12.1 Å². The van der Waals surface area contributed by atoms with Gasteiger partial charge in [0.25, 0.3) is 5.91 Å². The normalized spacial score (nSPS) is 23.1. The zero-order chi connectivity index (χ0) is 19.2. The van der Waals surface area contributed by atoms with Crippen molar-refractivity contribution in [2.24, 2.45) is 5.41 Å². The Morgan fingerprint density at radius 2 is 2.19 bits per heavy atom. The van der Waals surface area contributed by atoms with Gasteiger partial charge < -0.3 is 25.2 Å². The molecular weight excluding hydrogens is 350 g/mol. The minimum Gasteiger partial charge on any atom is -0.493 e. The molecule has 0 unspecified atom stereocenters. The fourth-order valence-electron chi connectivity index (χ4n) is 3.92. The van der Waals surface area contributed by atoms with Gasteiger partial charge in [0.15, 0.2) is 11.5 Å². The smallest absolute Gasteiger partial charge is 0.315 e. The molecule has 3 heterocycles. The maximum Gasteiger partial charge on any atom is 0.315 e. The summed E-state index contributed by atoms with van der Waals surface area (Å²) in [6, 6.07) is 8.54. The molecule has 2 aliphatic heterocycles. The summed E-state index contributed by atoms with van der Waals surface area (Å²) in [4.78, 5) is 30.6. The SMILES string of the molecule is COc1cccc2c1OC[C@@]1(C(=O)O)CN(C(=O)c3ccc(N)nc3)C[C@@H]21. The average molecular weight is 369 g/mol.